The van der Waals surface area contributed by atoms with Crippen LogP contribution in [0.3, 0.4) is 0 Å². The van der Waals surface area contributed by atoms with Gasteiger partial charge in [-0.1, -0.05) is 19.1 Å². The maximum Gasteiger partial charge on any atom is 0.0730 e. The molecular weight excluding hydrogens is 277 g/mol. The van der Waals surface area contributed by atoms with Crippen molar-refractivity contribution < 1.29 is 5.11 Å². The first kappa shape index (κ1) is 10.9. The number of hydrogen-bond acceptors (Lipinski definition) is 2. The van der Waals surface area contributed by atoms with E-state index in [2.05, 4.69) is 22.6 Å². The fraction of sp³-hybridized carbons (Fsp3) is 0.400. The van der Waals surface area contributed by atoms with E-state index in [4.69, 9.17) is 5.73 Å². The molecule has 13 heavy (non-hydrogen) atoms. The summed E-state index contributed by atoms with van der Waals surface area (Å²) in [6, 6.07) is 7.66. The average Bonchev–Trinajstić information content (AvgIpc) is 2.17. The smallest absolute Gasteiger partial charge is 0.0730 e. The fourth-order valence-electron chi connectivity index (χ4n) is 1.16. The van der Waals surface area contributed by atoms with Crippen molar-refractivity contribution in [2.24, 2.45) is 5.73 Å². The SMILES string of the molecule is CC[C@H](O)[C@H](N)c1ccc(I)cc1. The van der Waals surface area contributed by atoms with Crippen LogP contribution >= 0.6 is 22.6 Å². The van der Waals surface area contributed by atoms with Crippen LogP contribution in [0.15, 0.2) is 24.3 Å². The van der Waals surface area contributed by atoms with Gasteiger partial charge in [-0.3, -0.25) is 0 Å². The number of aliphatic hydroxyl groups excluding tert-OH is 1. The quantitative estimate of drug-likeness (QED) is 0.837. The number of halogens is 1. The Hall–Kier alpha value is -0.130. The number of benzene rings is 1. The maximum absolute atomic E-state index is 9.52. The first-order chi connectivity index (χ1) is 6.15. The second-order valence-electron chi connectivity index (χ2n) is 3.05. The Labute approximate surface area is 92.3 Å². The second kappa shape index (κ2) is 4.93. The van der Waals surface area contributed by atoms with E-state index in [9.17, 15) is 5.11 Å². The molecule has 0 aromatic heterocycles. The van der Waals surface area contributed by atoms with Crippen molar-refractivity contribution in [3.63, 3.8) is 0 Å². The Kier molecular flexibility index (Phi) is 4.15. The van der Waals surface area contributed by atoms with E-state index >= 15 is 0 Å². The predicted octanol–water partition coefficient (Wildman–Crippen LogP) is 2.06. The minimum absolute atomic E-state index is 0.262. The van der Waals surface area contributed by atoms with Crippen molar-refractivity contribution in [2.45, 2.75) is 25.5 Å². The van der Waals surface area contributed by atoms with Gasteiger partial charge < -0.3 is 10.8 Å². The minimum atomic E-state index is -0.444. The Balaban J connectivity index is 2.77. The maximum atomic E-state index is 9.52. The first-order valence-corrected chi connectivity index (χ1v) is 5.42. The van der Waals surface area contributed by atoms with Crippen molar-refractivity contribution >= 4 is 22.6 Å². The molecule has 0 heterocycles. The zero-order valence-electron chi connectivity index (χ0n) is 7.57. The highest BCUT2D eigenvalue weighted by atomic mass is 127. The average molecular weight is 291 g/mol. The summed E-state index contributed by atoms with van der Waals surface area (Å²) in [5.41, 5.74) is 6.84. The number of rotatable bonds is 3. The van der Waals surface area contributed by atoms with E-state index in [1.54, 1.807) is 0 Å². The van der Waals surface area contributed by atoms with E-state index in [1.165, 1.54) is 3.57 Å². The predicted molar refractivity (Wildman–Crippen MR) is 62.4 cm³/mol. The number of aliphatic hydroxyl groups is 1. The highest BCUT2D eigenvalue weighted by Crippen LogP contribution is 2.17. The molecule has 0 saturated heterocycles. The summed E-state index contributed by atoms with van der Waals surface area (Å²) < 4.78 is 1.18. The molecule has 1 aromatic carbocycles. The van der Waals surface area contributed by atoms with Gasteiger partial charge >= 0.3 is 0 Å². The molecule has 3 heteroatoms. The molecule has 3 N–H and O–H groups in total. The molecule has 72 valence electrons. The molecule has 2 atom stereocenters. The molecule has 0 aliphatic carbocycles. The third-order valence-corrected chi connectivity index (χ3v) is 2.81. The van der Waals surface area contributed by atoms with Gasteiger partial charge in [0.1, 0.15) is 0 Å². The summed E-state index contributed by atoms with van der Waals surface area (Å²) in [5.74, 6) is 0. The molecule has 0 spiro atoms. The fourth-order valence-corrected chi connectivity index (χ4v) is 1.52. The van der Waals surface area contributed by atoms with Crippen LogP contribution in [0.25, 0.3) is 0 Å². The van der Waals surface area contributed by atoms with Crippen LogP contribution in [0.2, 0.25) is 0 Å². The normalized spacial score (nSPS) is 15.4. The Morgan fingerprint density at radius 1 is 1.38 bits per heavy atom. The van der Waals surface area contributed by atoms with E-state index in [1.807, 2.05) is 31.2 Å². The van der Waals surface area contributed by atoms with Gasteiger partial charge in [0.2, 0.25) is 0 Å². The third-order valence-electron chi connectivity index (χ3n) is 2.09. The van der Waals surface area contributed by atoms with E-state index < -0.39 is 6.10 Å². The molecule has 0 radical (unpaired) electrons. The van der Waals surface area contributed by atoms with Crippen molar-refractivity contribution in [1.82, 2.24) is 0 Å². The highest BCUT2D eigenvalue weighted by molar-refractivity contribution is 14.1. The summed E-state index contributed by atoms with van der Waals surface area (Å²) in [5, 5.41) is 9.52. The van der Waals surface area contributed by atoms with Gasteiger partial charge in [-0.05, 0) is 46.7 Å². The molecule has 0 amide bonds. The van der Waals surface area contributed by atoms with Crippen LogP contribution in [-0.2, 0) is 0 Å². The molecule has 0 unspecified atom stereocenters. The van der Waals surface area contributed by atoms with Gasteiger partial charge in [0.15, 0.2) is 0 Å². The molecule has 1 aromatic rings. The van der Waals surface area contributed by atoms with Gasteiger partial charge in [0.05, 0.1) is 12.1 Å². The third kappa shape index (κ3) is 2.93. The standard InChI is InChI=1S/C10H14INO/c1-2-9(13)10(12)7-3-5-8(11)6-4-7/h3-6,9-10,13H,2,12H2,1H3/t9-,10+/m0/s1. The van der Waals surface area contributed by atoms with Crippen molar-refractivity contribution in [2.75, 3.05) is 0 Å². The van der Waals surface area contributed by atoms with Crippen molar-refractivity contribution in [1.29, 1.82) is 0 Å². The van der Waals surface area contributed by atoms with E-state index in [0.29, 0.717) is 6.42 Å². The Morgan fingerprint density at radius 3 is 2.38 bits per heavy atom. The van der Waals surface area contributed by atoms with Crippen LogP contribution < -0.4 is 5.73 Å². The summed E-state index contributed by atoms with van der Waals surface area (Å²) in [6.45, 7) is 1.93. The lowest BCUT2D eigenvalue weighted by Crippen LogP contribution is -2.25. The highest BCUT2D eigenvalue weighted by Gasteiger charge is 2.13. The zero-order chi connectivity index (χ0) is 9.84. The molecule has 0 aliphatic heterocycles. The monoisotopic (exact) mass is 291 g/mol. The van der Waals surface area contributed by atoms with E-state index in [0.717, 1.165) is 5.56 Å². The lowest BCUT2D eigenvalue weighted by molar-refractivity contribution is 0.140. The molecule has 0 saturated carbocycles. The summed E-state index contributed by atoms with van der Waals surface area (Å²) in [4.78, 5) is 0. The van der Waals surface area contributed by atoms with Gasteiger partial charge in [0, 0.05) is 3.57 Å². The van der Waals surface area contributed by atoms with Gasteiger partial charge in [-0.2, -0.15) is 0 Å². The lowest BCUT2D eigenvalue weighted by Gasteiger charge is -2.17. The van der Waals surface area contributed by atoms with Crippen molar-refractivity contribution in [3.05, 3.63) is 33.4 Å². The van der Waals surface area contributed by atoms with E-state index in [-0.39, 0.29) is 6.04 Å². The number of hydrogen-bond donors (Lipinski definition) is 2. The van der Waals surface area contributed by atoms with Crippen LogP contribution in [0, 0.1) is 3.57 Å². The zero-order valence-corrected chi connectivity index (χ0v) is 9.73. The number of nitrogens with two attached hydrogens (primary N) is 1. The van der Waals surface area contributed by atoms with Gasteiger partial charge in [0.25, 0.3) is 0 Å². The van der Waals surface area contributed by atoms with Gasteiger partial charge in [-0.25, -0.2) is 0 Å². The largest absolute Gasteiger partial charge is 0.391 e. The molecule has 0 fully saturated rings. The molecule has 2 nitrogen and oxygen atoms in total. The second-order valence-corrected chi connectivity index (χ2v) is 4.30. The molecule has 1 rings (SSSR count). The van der Waals surface area contributed by atoms with Gasteiger partial charge in [-0.15, -0.1) is 0 Å². The van der Waals surface area contributed by atoms with Crippen LogP contribution in [0.4, 0.5) is 0 Å². The van der Waals surface area contributed by atoms with Crippen molar-refractivity contribution in [3.8, 4) is 0 Å². The Morgan fingerprint density at radius 2 is 1.92 bits per heavy atom. The topological polar surface area (TPSA) is 46.2 Å². The Bertz CT molecular complexity index is 260. The molecule has 0 bridgehead atoms. The lowest BCUT2D eigenvalue weighted by atomic mass is 10.0. The summed E-state index contributed by atoms with van der Waals surface area (Å²) in [7, 11) is 0. The van der Waals surface area contributed by atoms with Crippen LogP contribution in [0.5, 0.6) is 0 Å². The van der Waals surface area contributed by atoms with Crippen LogP contribution in [-0.4, -0.2) is 11.2 Å². The molecular formula is C10H14INO. The first-order valence-electron chi connectivity index (χ1n) is 4.34. The van der Waals surface area contributed by atoms with Crippen LogP contribution in [0.1, 0.15) is 24.9 Å². The minimum Gasteiger partial charge on any atom is -0.391 e. The summed E-state index contributed by atoms with van der Waals surface area (Å²) in [6.07, 6.45) is 0.243. The molecule has 0 aliphatic rings. The summed E-state index contributed by atoms with van der Waals surface area (Å²) >= 11 is 2.24.